The first-order chi connectivity index (χ1) is 11.8. The minimum atomic E-state index is 0.537. The van der Waals surface area contributed by atoms with Crippen molar-refractivity contribution >= 4 is 0 Å². The molecular weight excluding hydrogens is 306 g/mol. The van der Waals surface area contributed by atoms with Gasteiger partial charge in [-0.2, -0.15) is 4.98 Å². The van der Waals surface area contributed by atoms with E-state index < -0.39 is 0 Å². The molecule has 1 fully saturated rings. The van der Waals surface area contributed by atoms with Gasteiger partial charge in [-0.25, -0.2) is 0 Å². The van der Waals surface area contributed by atoms with Crippen LogP contribution in [-0.2, 0) is 11.3 Å². The van der Waals surface area contributed by atoms with Crippen LogP contribution in [0.2, 0.25) is 0 Å². The Morgan fingerprint density at radius 3 is 2.79 bits per heavy atom. The summed E-state index contributed by atoms with van der Waals surface area (Å²) in [6.07, 6.45) is 4.77. The Bertz CT molecular complexity index is 627. The van der Waals surface area contributed by atoms with E-state index in [1.807, 2.05) is 24.3 Å². The van der Waals surface area contributed by atoms with Crippen molar-refractivity contribution < 1.29 is 14.0 Å². The lowest BCUT2D eigenvalue weighted by Gasteiger charge is -2.34. The van der Waals surface area contributed by atoms with Gasteiger partial charge >= 0.3 is 0 Å². The van der Waals surface area contributed by atoms with E-state index in [9.17, 15) is 0 Å². The van der Waals surface area contributed by atoms with Crippen LogP contribution in [0.4, 0.5) is 0 Å². The molecule has 3 rings (SSSR count). The predicted octanol–water partition coefficient (Wildman–Crippen LogP) is 3.14. The average molecular weight is 331 g/mol. The maximum atomic E-state index is 5.47. The molecule has 2 aromatic rings. The molecule has 1 aliphatic rings. The summed E-state index contributed by atoms with van der Waals surface area (Å²) in [4.78, 5) is 6.99. The molecule has 6 nitrogen and oxygen atoms in total. The fraction of sp³-hybridized carbons (Fsp3) is 0.556. The Hall–Kier alpha value is -1.92. The number of piperidine rings is 1. The fourth-order valence-corrected chi connectivity index (χ4v) is 3.20. The molecule has 0 bridgehead atoms. The fourth-order valence-electron chi connectivity index (χ4n) is 3.20. The first kappa shape index (κ1) is 16.9. The Labute approximate surface area is 142 Å². The monoisotopic (exact) mass is 331 g/mol. The van der Waals surface area contributed by atoms with E-state index >= 15 is 0 Å². The van der Waals surface area contributed by atoms with Crippen molar-refractivity contribution in [2.24, 2.45) is 0 Å². The lowest BCUT2D eigenvalue weighted by molar-refractivity contribution is 0.0882. The number of ether oxygens (including phenoxy) is 2. The van der Waals surface area contributed by atoms with Crippen molar-refractivity contribution in [1.82, 2.24) is 15.0 Å². The van der Waals surface area contributed by atoms with E-state index in [1.165, 1.54) is 19.3 Å². The molecule has 0 amide bonds. The van der Waals surface area contributed by atoms with Crippen molar-refractivity contribution in [3.63, 3.8) is 0 Å². The van der Waals surface area contributed by atoms with Gasteiger partial charge in [-0.3, -0.25) is 4.90 Å². The molecule has 0 saturated carbocycles. The van der Waals surface area contributed by atoms with Crippen LogP contribution in [0, 0.1) is 0 Å². The van der Waals surface area contributed by atoms with Crippen molar-refractivity contribution in [3.8, 4) is 17.1 Å². The summed E-state index contributed by atoms with van der Waals surface area (Å²) in [6, 6.07) is 8.22. The van der Waals surface area contributed by atoms with Gasteiger partial charge in [0, 0.05) is 25.3 Å². The molecule has 130 valence electrons. The maximum Gasteiger partial charge on any atom is 0.241 e. The third kappa shape index (κ3) is 4.13. The van der Waals surface area contributed by atoms with Gasteiger partial charge in [-0.15, -0.1) is 0 Å². The first-order valence-corrected chi connectivity index (χ1v) is 8.50. The molecule has 0 N–H and O–H groups in total. The lowest BCUT2D eigenvalue weighted by Crippen LogP contribution is -2.39. The van der Waals surface area contributed by atoms with Gasteiger partial charge in [-0.05, 0) is 50.1 Å². The Balaban J connectivity index is 1.65. The quantitative estimate of drug-likeness (QED) is 0.777. The third-order valence-electron chi connectivity index (χ3n) is 4.56. The molecular formula is C18H25N3O3. The van der Waals surface area contributed by atoms with Crippen molar-refractivity contribution in [2.45, 2.75) is 38.3 Å². The van der Waals surface area contributed by atoms with Gasteiger partial charge in [-0.1, -0.05) is 11.6 Å². The number of benzene rings is 1. The first-order valence-electron chi connectivity index (χ1n) is 8.50. The standard InChI is InChI=1S/C18H25N3O3/c1-22-12-10-15-5-3-4-11-21(15)13-17-19-18(20-24-17)14-6-8-16(23-2)9-7-14/h6-9,15H,3-5,10-13H2,1-2H3/t15-/m0/s1. The van der Waals surface area contributed by atoms with Crippen LogP contribution >= 0.6 is 0 Å². The zero-order chi connectivity index (χ0) is 16.8. The molecule has 1 aliphatic heterocycles. The number of rotatable bonds is 7. The van der Waals surface area contributed by atoms with Crippen LogP contribution in [0.1, 0.15) is 31.6 Å². The molecule has 24 heavy (non-hydrogen) atoms. The Morgan fingerprint density at radius 2 is 2.04 bits per heavy atom. The third-order valence-corrected chi connectivity index (χ3v) is 4.56. The summed E-state index contributed by atoms with van der Waals surface area (Å²) in [5, 5.41) is 4.12. The summed E-state index contributed by atoms with van der Waals surface area (Å²) in [7, 11) is 3.41. The molecule has 6 heteroatoms. The van der Waals surface area contributed by atoms with E-state index in [-0.39, 0.29) is 0 Å². The molecule has 1 atom stereocenters. The van der Waals surface area contributed by atoms with E-state index in [4.69, 9.17) is 14.0 Å². The largest absolute Gasteiger partial charge is 0.497 e. The SMILES string of the molecule is COCC[C@@H]1CCCCN1Cc1nc(-c2ccc(OC)cc2)no1. The van der Waals surface area contributed by atoms with Crippen LogP contribution in [0.5, 0.6) is 5.75 Å². The van der Waals surface area contributed by atoms with Crippen molar-refractivity contribution in [3.05, 3.63) is 30.2 Å². The van der Waals surface area contributed by atoms with E-state index in [1.54, 1.807) is 14.2 Å². The second-order valence-corrected chi connectivity index (χ2v) is 6.14. The van der Waals surface area contributed by atoms with E-state index in [0.717, 1.165) is 30.9 Å². The Morgan fingerprint density at radius 1 is 1.21 bits per heavy atom. The van der Waals surface area contributed by atoms with Gasteiger partial charge in [0.2, 0.25) is 11.7 Å². The number of hydrogen-bond acceptors (Lipinski definition) is 6. The number of nitrogens with zero attached hydrogens (tertiary/aromatic N) is 3. The highest BCUT2D eigenvalue weighted by molar-refractivity contribution is 5.55. The molecule has 2 heterocycles. The van der Waals surface area contributed by atoms with Crippen LogP contribution in [0.15, 0.2) is 28.8 Å². The topological polar surface area (TPSA) is 60.6 Å². The number of hydrogen-bond donors (Lipinski definition) is 0. The summed E-state index contributed by atoms with van der Waals surface area (Å²) < 4.78 is 15.9. The second-order valence-electron chi connectivity index (χ2n) is 6.14. The lowest BCUT2D eigenvalue weighted by atomic mass is 10.00. The van der Waals surface area contributed by atoms with Crippen molar-refractivity contribution in [2.75, 3.05) is 27.4 Å². The average Bonchev–Trinajstić information content (AvgIpc) is 3.09. The number of aromatic nitrogens is 2. The van der Waals surface area contributed by atoms with Crippen LogP contribution in [0.3, 0.4) is 0 Å². The summed E-state index contributed by atoms with van der Waals surface area (Å²) in [5.74, 6) is 2.11. The highest BCUT2D eigenvalue weighted by Crippen LogP contribution is 2.23. The highest BCUT2D eigenvalue weighted by atomic mass is 16.5. The van der Waals surface area contributed by atoms with Crippen LogP contribution in [-0.4, -0.2) is 48.5 Å². The van der Waals surface area contributed by atoms with Gasteiger partial charge in [0.05, 0.1) is 13.7 Å². The van der Waals surface area contributed by atoms with Gasteiger partial charge in [0.25, 0.3) is 0 Å². The number of methoxy groups -OCH3 is 2. The molecule has 0 aliphatic carbocycles. The predicted molar refractivity (Wildman–Crippen MR) is 90.8 cm³/mol. The zero-order valence-corrected chi connectivity index (χ0v) is 14.4. The summed E-state index contributed by atoms with van der Waals surface area (Å²) in [5.41, 5.74) is 0.931. The molecule has 1 aromatic heterocycles. The molecule has 0 spiro atoms. The minimum Gasteiger partial charge on any atom is -0.497 e. The maximum absolute atomic E-state index is 5.47. The molecule has 1 saturated heterocycles. The Kier molecular flexibility index (Phi) is 5.82. The zero-order valence-electron chi connectivity index (χ0n) is 14.4. The van der Waals surface area contributed by atoms with Gasteiger partial charge < -0.3 is 14.0 Å². The second kappa shape index (κ2) is 8.26. The summed E-state index contributed by atoms with van der Waals surface area (Å²) >= 11 is 0. The smallest absolute Gasteiger partial charge is 0.241 e. The molecule has 0 radical (unpaired) electrons. The number of likely N-dealkylation sites (tertiary alicyclic amines) is 1. The van der Waals surface area contributed by atoms with Crippen LogP contribution in [0.25, 0.3) is 11.4 Å². The van der Waals surface area contributed by atoms with Crippen LogP contribution < -0.4 is 4.74 Å². The molecule has 0 unspecified atom stereocenters. The van der Waals surface area contributed by atoms with E-state index in [2.05, 4.69) is 15.0 Å². The van der Waals surface area contributed by atoms with E-state index in [0.29, 0.717) is 24.3 Å². The summed E-state index contributed by atoms with van der Waals surface area (Å²) in [6.45, 7) is 2.58. The van der Waals surface area contributed by atoms with Gasteiger partial charge in [0.1, 0.15) is 5.75 Å². The normalized spacial score (nSPS) is 18.7. The minimum absolute atomic E-state index is 0.537. The molecule has 1 aromatic carbocycles. The van der Waals surface area contributed by atoms with Crippen molar-refractivity contribution in [1.29, 1.82) is 0 Å². The highest BCUT2D eigenvalue weighted by Gasteiger charge is 2.24. The van der Waals surface area contributed by atoms with Gasteiger partial charge in [0.15, 0.2) is 0 Å².